The molecule has 2 heterocycles. The molecule has 4 nitrogen and oxygen atoms in total. The van der Waals surface area contributed by atoms with Crippen molar-refractivity contribution in [3.8, 4) is 0 Å². The van der Waals surface area contributed by atoms with Gasteiger partial charge in [-0.15, -0.1) is 6.58 Å². The number of hydrogen-bond donors (Lipinski definition) is 1. The fourth-order valence-corrected chi connectivity index (χ4v) is 4.11. The van der Waals surface area contributed by atoms with Gasteiger partial charge in [-0.05, 0) is 37.7 Å². The Labute approximate surface area is 113 Å². The molecule has 1 spiro atoms. The Hall–Kier alpha value is -1.42. The minimum atomic E-state index is 0.549. The molecule has 0 aromatic carbocycles. The Bertz CT molecular complexity index is 488. The minimum Gasteiger partial charge on any atom is -0.334 e. The lowest BCUT2D eigenvalue weighted by Crippen LogP contribution is -2.50. The summed E-state index contributed by atoms with van der Waals surface area (Å²) in [7, 11) is 0. The van der Waals surface area contributed by atoms with Gasteiger partial charge in [0.25, 0.3) is 0 Å². The highest BCUT2D eigenvalue weighted by Gasteiger charge is 2.66. The van der Waals surface area contributed by atoms with Crippen molar-refractivity contribution in [1.82, 2.24) is 15.3 Å². The highest BCUT2D eigenvalue weighted by Crippen LogP contribution is 2.57. The largest absolute Gasteiger partial charge is 0.334 e. The highest BCUT2D eigenvalue weighted by atomic mass is 15.3. The van der Waals surface area contributed by atoms with Crippen LogP contribution in [-0.4, -0.2) is 34.1 Å². The van der Waals surface area contributed by atoms with Crippen molar-refractivity contribution in [1.29, 1.82) is 0 Å². The molecule has 1 saturated heterocycles. The topological polar surface area (TPSA) is 51.0 Å². The molecule has 3 aliphatic rings. The lowest BCUT2D eigenvalue weighted by molar-refractivity contribution is 0.157. The van der Waals surface area contributed by atoms with Crippen LogP contribution < -0.4 is 10.2 Å². The average molecular weight is 256 g/mol. The van der Waals surface area contributed by atoms with E-state index in [0.29, 0.717) is 11.6 Å². The van der Waals surface area contributed by atoms with Crippen LogP contribution in [0.15, 0.2) is 31.1 Å². The number of nitrogens with zero attached hydrogens (tertiary/aromatic N) is 3. The third-order valence-corrected chi connectivity index (χ3v) is 5.26. The van der Waals surface area contributed by atoms with Crippen LogP contribution >= 0.6 is 0 Å². The van der Waals surface area contributed by atoms with Crippen LogP contribution in [0.2, 0.25) is 0 Å². The molecular weight excluding hydrogens is 236 g/mol. The maximum atomic E-state index is 4.42. The molecule has 3 fully saturated rings. The molecule has 1 aromatic heterocycles. The van der Waals surface area contributed by atoms with E-state index in [2.05, 4.69) is 26.8 Å². The number of nitrogens with one attached hydrogen (secondary N) is 1. The molecular formula is C15H20N4. The first-order valence-corrected chi connectivity index (χ1v) is 7.26. The fraction of sp³-hybridized carbons (Fsp3) is 0.600. The molecule has 19 heavy (non-hydrogen) atoms. The number of hydrogen-bond acceptors (Lipinski definition) is 4. The molecule has 100 valence electrons. The van der Waals surface area contributed by atoms with Gasteiger partial charge < -0.3 is 10.2 Å². The zero-order valence-electron chi connectivity index (χ0n) is 11.1. The fourth-order valence-electron chi connectivity index (χ4n) is 4.11. The number of aromatic nitrogens is 2. The monoisotopic (exact) mass is 256 g/mol. The molecule has 4 heteroatoms. The third kappa shape index (κ3) is 1.62. The summed E-state index contributed by atoms with van der Waals surface area (Å²) in [5, 5.41) is 3.73. The SMILES string of the molecule is C=CCN(c1ncccn1)[C@@H]1C[C@@H]2CCC23N[C@H]3C1. The predicted molar refractivity (Wildman–Crippen MR) is 75.0 cm³/mol. The van der Waals surface area contributed by atoms with E-state index in [-0.39, 0.29) is 0 Å². The van der Waals surface area contributed by atoms with Crippen LogP contribution in [0.1, 0.15) is 25.7 Å². The van der Waals surface area contributed by atoms with E-state index >= 15 is 0 Å². The standard InChI is InChI=1S/C15H20N4/c1-2-8-19(14-16-6-3-7-17-14)12-9-11-4-5-15(11)13(10-12)18-15/h2-3,6-7,11-13,18H,1,4-5,8-10H2/t11-,12+,13-,15?/m0/s1. The molecule has 2 aliphatic carbocycles. The second-order valence-electron chi connectivity index (χ2n) is 6.09. The van der Waals surface area contributed by atoms with Crippen LogP contribution in [0.5, 0.6) is 0 Å². The lowest BCUT2D eigenvalue weighted by Gasteiger charge is -2.45. The Morgan fingerprint density at radius 1 is 1.42 bits per heavy atom. The summed E-state index contributed by atoms with van der Waals surface area (Å²) in [6, 6.07) is 3.16. The van der Waals surface area contributed by atoms with Crippen LogP contribution in [0.3, 0.4) is 0 Å². The molecule has 0 bridgehead atoms. The van der Waals surface area contributed by atoms with Crippen LogP contribution in [0.25, 0.3) is 0 Å². The van der Waals surface area contributed by atoms with E-state index in [1.807, 2.05) is 24.5 Å². The van der Waals surface area contributed by atoms with Gasteiger partial charge in [0.15, 0.2) is 0 Å². The van der Waals surface area contributed by atoms with E-state index in [1.165, 1.54) is 25.7 Å². The molecule has 1 N–H and O–H groups in total. The van der Waals surface area contributed by atoms with E-state index in [0.717, 1.165) is 24.5 Å². The summed E-state index contributed by atoms with van der Waals surface area (Å²) in [4.78, 5) is 11.2. The maximum absolute atomic E-state index is 4.42. The zero-order valence-corrected chi connectivity index (χ0v) is 11.1. The van der Waals surface area contributed by atoms with Crippen molar-refractivity contribution in [3.63, 3.8) is 0 Å². The van der Waals surface area contributed by atoms with E-state index < -0.39 is 0 Å². The zero-order chi connectivity index (χ0) is 12.9. The van der Waals surface area contributed by atoms with Gasteiger partial charge in [0.2, 0.25) is 5.95 Å². The van der Waals surface area contributed by atoms with Gasteiger partial charge in [-0.1, -0.05) is 6.08 Å². The van der Waals surface area contributed by atoms with Crippen molar-refractivity contribution >= 4 is 5.95 Å². The van der Waals surface area contributed by atoms with Gasteiger partial charge in [-0.25, -0.2) is 9.97 Å². The molecule has 1 aliphatic heterocycles. The van der Waals surface area contributed by atoms with Crippen LogP contribution in [0, 0.1) is 5.92 Å². The first-order valence-electron chi connectivity index (χ1n) is 7.26. The maximum Gasteiger partial charge on any atom is 0.225 e. The summed E-state index contributed by atoms with van der Waals surface area (Å²) in [5.41, 5.74) is 0.549. The van der Waals surface area contributed by atoms with Gasteiger partial charge >= 0.3 is 0 Å². The Morgan fingerprint density at radius 3 is 2.89 bits per heavy atom. The van der Waals surface area contributed by atoms with Gasteiger partial charge in [0.1, 0.15) is 0 Å². The number of rotatable bonds is 4. The van der Waals surface area contributed by atoms with Crippen LogP contribution in [0.4, 0.5) is 5.95 Å². The quantitative estimate of drug-likeness (QED) is 0.658. The summed E-state index contributed by atoms with van der Waals surface area (Å²) >= 11 is 0. The van der Waals surface area contributed by atoms with Crippen molar-refractivity contribution in [2.45, 2.75) is 43.3 Å². The normalized spacial score (nSPS) is 38.6. The molecule has 0 radical (unpaired) electrons. The van der Waals surface area contributed by atoms with Crippen molar-refractivity contribution in [2.75, 3.05) is 11.4 Å². The second-order valence-corrected chi connectivity index (χ2v) is 6.09. The van der Waals surface area contributed by atoms with Crippen molar-refractivity contribution in [2.24, 2.45) is 5.92 Å². The van der Waals surface area contributed by atoms with Crippen LogP contribution in [-0.2, 0) is 0 Å². The van der Waals surface area contributed by atoms with E-state index in [9.17, 15) is 0 Å². The van der Waals surface area contributed by atoms with E-state index in [1.54, 1.807) is 0 Å². The predicted octanol–water partition coefficient (Wildman–Crippen LogP) is 1.75. The van der Waals surface area contributed by atoms with Gasteiger partial charge in [-0.2, -0.15) is 0 Å². The summed E-state index contributed by atoms with van der Waals surface area (Å²) in [6.45, 7) is 4.72. The Balaban J connectivity index is 1.56. The van der Waals surface area contributed by atoms with Gasteiger partial charge in [0, 0.05) is 36.6 Å². The molecule has 1 unspecified atom stereocenters. The van der Waals surface area contributed by atoms with Gasteiger partial charge in [0.05, 0.1) is 0 Å². The summed E-state index contributed by atoms with van der Waals surface area (Å²) < 4.78 is 0. The molecule has 4 rings (SSSR count). The Morgan fingerprint density at radius 2 is 2.26 bits per heavy atom. The number of anilines is 1. The van der Waals surface area contributed by atoms with Crippen molar-refractivity contribution < 1.29 is 0 Å². The molecule has 1 aromatic rings. The third-order valence-electron chi connectivity index (χ3n) is 5.26. The minimum absolute atomic E-state index is 0.549. The van der Waals surface area contributed by atoms with Crippen molar-refractivity contribution in [3.05, 3.63) is 31.1 Å². The first kappa shape index (κ1) is 11.4. The lowest BCUT2D eigenvalue weighted by atomic mass is 9.63. The van der Waals surface area contributed by atoms with Gasteiger partial charge in [-0.3, -0.25) is 0 Å². The smallest absolute Gasteiger partial charge is 0.225 e. The average Bonchev–Trinajstić information content (AvgIpc) is 3.17. The summed E-state index contributed by atoms with van der Waals surface area (Å²) in [6.07, 6.45) is 10.9. The molecule has 0 amide bonds. The molecule has 4 atom stereocenters. The first-order chi connectivity index (χ1) is 9.33. The molecule has 2 saturated carbocycles. The van der Waals surface area contributed by atoms with E-state index in [4.69, 9.17) is 0 Å². The second kappa shape index (κ2) is 4.04. The Kier molecular flexibility index (Phi) is 2.42. The summed E-state index contributed by atoms with van der Waals surface area (Å²) in [5.74, 6) is 1.71. The highest BCUT2D eigenvalue weighted by molar-refractivity contribution is 5.36.